The van der Waals surface area contributed by atoms with Crippen molar-refractivity contribution in [2.24, 2.45) is 17.4 Å². The second kappa shape index (κ2) is 5.69. The molecule has 0 spiro atoms. The Hall–Kier alpha value is -2.14. The summed E-state index contributed by atoms with van der Waals surface area (Å²) < 4.78 is 0. The van der Waals surface area contributed by atoms with Crippen molar-refractivity contribution in [2.75, 3.05) is 18.0 Å². The topological polar surface area (TPSA) is 85.2 Å². The molecule has 2 heterocycles. The summed E-state index contributed by atoms with van der Waals surface area (Å²) in [6.45, 7) is 2.02. The van der Waals surface area contributed by atoms with Gasteiger partial charge in [0.25, 0.3) is 0 Å². The van der Waals surface area contributed by atoms with Crippen LogP contribution in [0.2, 0.25) is 0 Å². The van der Waals surface area contributed by atoms with Crippen molar-refractivity contribution >= 4 is 22.6 Å². The smallest absolute Gasteiger partial charge is 0.222 e. The van der Waals surface area contributed by atoms with Gasteiger partial charge in [0.1, 0.15) is 5.82 Å². The number of carbonyl (C=O) groups is 1. The number of aromatic nitrogens is 1. The van der Waals surface area contributed by atoms with E-state index in [1.165, 1.54) is 0 Å². The van der Waals surface area contributed by atoms with E-state index in [2.05, 4.69) is 4.90 Å². The van der Waals surface area contributed by atoms with Crippen molar-refractivity contribution in [2.45, 2.75) is 19.4 Å². The van der Waals surface area contributed by atoms with Gasteiger partial charge < -0.3 is 16.4 Å². The Kier molecular flexibility index (Phi) is 3.75. The molecule has 1 aromatic heterocycles. The average molecular weight is 284 g/mol. The first-order valence-electron chi connectivity index (χ1n) is 7.32. The maximum atomic E-state index is 11.4. The monoisotopic (exact) mass is 284 g/mol. The third kappa shape index (κ3) is 2.69. The number of rotatable bonds is 3. The summed E-state index contributed by atoms with van der Waals surface area (Å²) in [7, 11) is 0. The number of piperidine rings is 1. The van der Waals surface area contributed by atoms with E-state index >= 15 is 0 Å². The highest BCUT2D eigenvalue weighted by Gasteiger charge is 2.25. The van der Waals surface area contributed by atoms with Crippen LogP contribution in [0.3, 0.4) is 0 Å². The number of hydrogen-bond acceptors (Lipinski definition) is 4. The maximum absolute atomic E-state index is 11.4. The molecule has 0 aliphatic carbocycles. The summed E-state index contributed by atoms with van der Waals surface area (Å²) in [5.74, 6) is 0.577. The molecule has 0 bridgehead atoms. The lowest BCUT2D eigenvalue weighted by atomic mass is 9.97. The molecule has 0 radical (unpaired) electrons. The number of primary amides is 1. The predicted octanol–water partition coefficient (Wildman–Crippen LogP) is 1.40. The van der Waals surface area contributed by atoms with Gasteiger partial charge in [-0.25, -0.2) is 4.98 Å². The molecule has 21 heavy (non-hydrogen) atoms. The molecule has 1 aromatic carbocycles. The fourth-order valence-corrected chi connectivity index (χ4v) is 2.98. The lowest BCUT2D eigenvalue weighted by Crippen LogP contribution is -2.41. The molecule has 4 N–H and O–H groups in total. The van der Waals surface area contributed by atoms with Gasteiger partial charge in [-0.3, -0.25) is 4.79 Å². The Balaban J connectivity index is 1.98. The van der Waals surface area contributed by atoms with Gasteiger partial charge in [0, 0.05) is 25.0 Å². The minimum Gasteiger partial charge on any atom is -0.369 e. The quantitative estimate of drug-likeness (QED) is 0.892. The molecule has 0 saturated carbocycles. The number of carbonyl (C=O) groups excluding carboxylic acids is 1. The first-order valence-corrected chi connectivity index (χ1v) is 7.32. The first kappa shape index (κ1) is 13.8. The normalized spacial score (nSPS) is 18.9. The van der Waals surface area contributed by atoms with Crippen LogP contribution in [0, 0.1) is 5.92 Å². The van der Waals surface area contributed by atoms with Crippen LogP contribution in [0.15, 0.2) is 30.3 Å². The number of nitrogens with zero attached hydrogens (tertiary/aromatic N) is 2. The Labute approximate surface area is 123 Å². The molecule has 1 aliphatic rings. The van der Waals surface area contributed by atoms with Crippen molar-refractivity contribution in [3.05, 3.63) is 35.9 Å². The number of nitrogens with two attached hydrogens (primary N) is 2. The number of pyridine rings is 1. The number of fused-ring (bicyclic) bond motifs is 1. The van der Waals surface area contributed by atoms with Crippen molar-refractivity contribution in [1.29, 1.82) is 0 Å². The van der Waals surface area contributed by atoms with E-state index in [9.17, 15) is 4.79 Å². The third-order valence-corrected chi connectivity index (χ3v) is 4.16. The van der Waals surface area contributed by atoms with Crippen molar-refractivity contribution in [3.8, 4) is 0 Å². The molecule has 1 unspecified atom stereocenters. The van der Waals surface area contributed by atoms with Gasteiger partial charge in [0.2, 0.25) is 5.91 Å². The zero-order valence-electron chi connectivity index (χ0n) is 12.0. The fraction of sp³-hybridized carbons (Fsp3) is 0.375. The Bertz CT molecular complexity index is 670. The number of hydrogen-bond donors (Lipinski definition) is 2. The summed E-state index contributed by atoms with van der Waals surface area (Å²) in [6.07, 6.45) is 1.82. The highest BCUT2D eigenvalue weighted by molar-refractivity contribution is 5.84. The fourth-order valence-electron chi connectivity index (χ4n) is 2.98. The molecule has 110 valence electrons. The average Bonchev–Trinajstić information content (AvgIpc) is 2.53. The molecule has 5 nitrogen and oxygen atoms in total. The zero-order chi connectivity index (χ0) is 14.8. The lowest BCUT2D eigenvalue weighted by molar-refractivity contribution is -0.122. The van der Waals surface area contributed by atoms with E-state index in [-0.39, 0.29) is 11.8 Å². The second-order valence-corrected chi connectivity index (χ2v) is 5.55. The van der Waals surface area contributed by atoms with Gasteiger partial charge in [-0.1, -0.05) is 18.2 Å². The van der Waals surface area contributed by atoms with Gasteiger partial charge in [0.15, 0.2) is 0 Å². The Morgan fingerprint density at radius 1 is 1.38 bits per heavy atom. The van der Waals surface area contributed by atoms with Crippen LogP contribution in [0.25, 0.3) is 10.9 Å². The number of benzene rings is 1. The molecule has 1 saturated heterocycles. The number of amides is 1. The summed E-state index contributed by atoms with van der Waals surface area (Å²) in [6, 6.07) is 10.0. The molecule has 3 rings (SSSR count). The van der Waals surface area contributed by atoms with Crippen LogP contribution in [0.5, 0.6) is 0 Å². The van der Waals surface area contributed by atoms with Gasteiger partial charge in [-0.05, 0) is 30.5 Å². The molecule has 1 atom stereocenters. The van der Waals surface area contributed by atoms with Crippen LogP contribution >= 0.6 is 0 Å². The molecule has 5 heteroatoms. The lowest BCUT2D eigenvalue weighted by Gasteiger charge is -2.32. The second-order valence-electron chi connectivity index (χ2n) is 5.55. The van der Waals surface area contributed by atoms with Crippen molar-refractivity contribution in [1.82, 2.24) is 4.98 Å². The van der Waals surface area contributed by atoms with E-state index in [0.29, 0.717) is 13.1 Å². The Morgan fingerprint density at radius 3 is 2.95 bits per heavy atom. The molecular weight excluding hydrogens is 264 g/mol. The van der Waals surface area contributed by atoms with E-state index < -0.39 is 0 Å². The summed E-state index contributed by atoms with van der Waals surface area (Å²) in [5, 5.41) is 1.09. The molecule has 2 aromatic rings. The van der Waals surface area contributed by atoms with Gasteiger partial charge >= 0.3 is 0 Å². The highest BCUT2D eigenvalue weighted by Crippen LogP contribution is 2.26. The zero-order valence-corrected chi connectivity index (χ0v) is 12.0. The summed E-state index contributed by atoms with van der Waals surface area (Å²) in [5.41, 5.74) is 13.3. The predicted molar refractivity (Wildman–Crippen MR) is 83.8 cm³/mol. The number of anilines is 1. The first-order chi connectivity index (χ1) is 10.2. The van der Waals surface area contributed by atoms with Crippen LogP contribution in [-0.4, -0.2) is 24.0 Å². The van der Waals surface area contributed by atoms with Crippen LogP contribution in [0.1, 0.15) is 18.4 Å². The van der Waals surface area contributed by atoms with Crippen LogP contribution in [0.4, 0.5) is 5.82 Å². The van der Waals surface area contributed by atoms with Crippen LogP contribution < -0.4 is 16.4 Å². The SMILES string of the molecule is NCc1cc(N2CCCC(C(N)=O)C2)nc2ccccc12. The molecule has 1 aliphatic heterocycles. The van der Waals surface area contributed by atoms with Gasteiger partial charge in [0.05, 0.1) is 11.4 Å². The highest BCUT2D eigenvalue weighted by atomic mass is 16.1. The molecular formula is C16H20N4O. The maximum Gasteiger partial charge on any atom is 0.222 e. The third-order valence-electron chi connectivity index (χ3n) is 4.16. The summed E-state index contributed by atoms with van der Waals surface area (Å²) in [4.78, 5) is 18.3. The van der Waals surface area contributed by atoms with E-state index in [4.69, 9.17) is 16.5 Å². The van der Waals surface area contributed by atoms with E-state index in [1.54, 1.807) is 0 Å². The standard InChI is InChI=1S/C16H20N4O/c17-9-12-8-15(19-14-6-2-1-5-13(12)14)20-7-3-4-11(10-20)16(18)21/h1-2,5-6,8,11H,3-4,7,9-10,17H2,(H2,18,21). The Morgan fingerprint density at radius 2 is 2.19 bits per heavy atom. The largest absolute Gasteiger partial charge is 0.369 e. The number of para-hydroxylation sites is 1. The van der Waals surface area contributed by atoms with Crippen LogP contribution in [-0.2, 0) is 11.3 Å². The van der Waals surface area contributed by atoms with Gasteiger partial charge in [-0.2, -0.15) is 0 Å². The minimum atomic E-state index is -0.223. The minimum absolute atomic E-state index is 0.0895. The van der Waals surface area contributed by atoms with Crippen molar-refractivity contribution in [3.63, 3.8) is 0 Å². The van der Waals surface area contributed by atoms with E-state index in [0.717, 1.165) is 41.7 Å². The van der Waals surface area contributed by atoms with Crippen molar-refractivity contribution < 1.29 is 4.79 Å². The summed E-state index contributed by atoms with van der Waals surface area (Å²) >= 11 is 0. The molecule has 1 amide bonds. The van der Waals surface area contributed by atoms with Gasteiger partial charge in [-0.15, -0.1) is 0 Å². The van der Waals surface area contributed by atoms with E-state index in [1.807, 2.05) is 30.3 Å². The molecule has 1 fully saturated rings.